The third kappa shape index (κ3) is 4.09. The van der Waals surface area contributed by atoms with Gasteiger partial charge in [-0.1, -0.05) is 42.5 Å². The number of hydrogen-bond acceptors (Lipinski definition) is 3. The Morgan fingerprint density at radius 2 is 1.66 bits per heavy atom. The lowest BCUT2D eigenvalue weighted by atomic mass is 10.1. The number of nitrogens with zero attached hydrogens (tertiary/aromatic N) is 2. The summed E-state index contributed by atoms with van der Waals surface area (Å²) in [6.45, 7) is 0.500. The number of carbonyl (C=O) groups is 1. The van der Waals surface area contributed by atoms with Gasteiger partial charge in [0.05, 0.1) is 11.8 Å². The average Bonchev–Trinajstić information content (AvgIpc) is 3.24. The van der Waals surface area contributed by atoms with Crippen LogP contribution in [-0.4, -0.2) is 22.8 Å². The summed E-state index contributed by atoms with van der Waals surface area (Å²) < 4.78 is 19.0. The molecule has 0 aliphatic rings. The molecule has 0 saturated carbocycles. The predicted molar refractivity (Wildman–Crippen MR) is 110 cm³/mol. The summed E-state index contributed by atoms with van der Waals surface area (Å²) in [5.74, 6) is 0.429. The van der Waals surface area contributed by atoms with E-state index in [1.54, 1.807) is 36.3 Å². The maximum absolute atomic E-state index is 13.2. The molecule has 0 fully saturated rings. The highest BCUT2D eigenvalue weighted by atomic mass is 19.1. The number of aromatic nitrogens is 1. The van der Waals surface area contributed by atoms with Crippen LogP contribution in [0.2, 0.25) is 0 Å². The SMILES string of the molecule is CN(Cc1ccccc1)C(=O)c1ccccc1-c1ncc(-c2ccc(F)cc2)o1. The van der Waals surface area contributed by atoms with Crippen molar-refractivity contribution < 1.29 is 13.6 Å². The van der Waals surface area contributed by atoms with Crippen molar-refractivity contribution in [2.75, 3.05) is 7.05 Å². The van der Waals surface area contributed by atoms with Crippen LogP contribution in [0.3, 0.4) is 0 Å². The Bertz CT molecular complexity index is 1120. The zero-order chi connectivity index (χ0) is 20.2. The molecule has 1 amide bonds. The molecule has 0 bridgehead atoms. The molecule has 4 nitrogen and oxygen atoms in total. The van der Waals surface area contributed by atoms with E-state index in [1.165, 1.54) is 12.1 Å². The van der Waals surface area contributed by atoms with Crippen molar-refractivity contribution in [3.8, 4) is 22.8 Å². The molecule has 3 aromatic carbocycles. The standard InChI is InChI=1S/C24H19FN2O2/c1-27(16-17-7-3-2-4-8-17)24(28)21-10-6-5-9-20(21)23-26-15-22(29-23)18-11-13-19(25)14-12-18/h2-15H,16H2,1H3. The monoisotopic (exact) mass is 386 g/mol. The molecule has 0 N–H and O–H groups in total. The van der Waals surface area contributed by atoms with Gasteiger partial charge in [-0.25, -0.2) is 9.37 Å². The lowest BCUT2D eigenvalue weighted by molar-refractivity contribution is 0.0785. The molecule has 0 aliphatic carbocycles. The van der Waals surface area contributed by atoms with Crippen LogP contribution in [-0.2, 0) is 6.54 Å². The number of rotatable bonds is 5. The average molecular weight is 386 g/mol. The molecule has 0 aliphatic heterocycles. The van der Waals surface area contributed by atoms with E-state index in [1.807, 2.05) is 48.5 Å². The number of halogens is 1. The molecule has 1 heterocycles. The first kappa shape index (κ1) is 18.6. The molecule has 1 aromatic heterocycles. The minimum Gasteiger partial charge on any atom is -0.436 e. The van der Waals surface area contributed by atoms with Crippen molar-refractivity contribution in [2.45, 2.75) is 6.54 Å². The molecule has 5 heteroatoms. The number of amides is 1. The van der Waals surface area contributed by atoms with Crippen molar-refractivity contribution in [2.24, 2.45) is 0 Å². The second kappa shape index (κ2) is 8.10. The quantitative estimate of drug-likeness (QED) is 0.460. The highest BCUT2D eigenvalue weighted by Crippen LogP contribution is 2.29. The van der Waals surface area contributed by atoms with Crippen LogP contribution in [0, 0.1) is 5.82 Å². The van der Waals surface area contributed by atoms with E-state index in [2.05, 4.69) is 4.98 Å². The molecule has 0 unspecified atom stereocenters. The molecule has 29 heavy (non-hydrogen) atoms. The summed E-state index contributed by atoms with van der Waals surface area (Å²) in [6, 6.07) is 23.0. The van der Waals surface area contributed by atoms with E-state index < -0.39 is 0 Å². The van der Waals surface area contributed by atoms with Gasteiger partial charge in [-0.15, -0.1) is 0 Å². The molecule has 0 saturated heterocycles. The van der Waals surface area contributed by atoms with Gasteiger partial charge in [-0.2, -0.15) is 0 Å². The van der Waals surface area contributed by atoms with Crippen LogP contribution in [0.15, 0.2) is 89.5 Å². The molecule has 0 radical (unpaired) electrons. The molecule has 144 valence electrons. The largest absolute Gasteiger partial charge is 0.436 e. The van der Waals surface area contributed by atoms with Gasteiger partial charge in [0.15, 0.2) is 5.76 Å². The first-order valence-electron chi connectivity index (χ1n) is 9.22. The summed E-state index contributed by atoms with van der Waals surface area (Å²) in [6.07, 6.45) is 1.58. The normalized spacial score (nSPS) is 10.7. The smallest absolute Gasteiger partial charge is 0.254 e. The number of benzene rings is 3. The summed E-state index contributed by atoms with van der Waals surface area (Å²) >= 11 is 0. The second-order valence-electron chi connectivity index (χ2n) is 6.73. The minimum atomic E-state index is -0.314. The van der Waals surface area contributed by atoms with Gasteiger partial charge in [-0.05, 0) is 42.0 Å². The Morgan fingerprint density at radius 1 is 0.966 bits per heavy atom. The van der Waals surface area contributed by atoms with Crippen molar-refractivity contribution >= 4 is 5.91 Å². The van der Waals surface area contributed by atoms with Crippen LogP contribution >= 0.6 is 0 Å². The van der Waals surface area contributed by atoms with Gasteiger partial charge < -0.3 is 9.32 Å². The Kier molecular flexibility index (Phi) is 5.20. The number of oxazole rings is 1. The molecular weight excluding hydrogens is 367 g/mol. The Balaban J connectivity index is 1.62. The van der Waals surface area contributed by atoms with Gasteiger partial charge in [0, 0.05) is 24.7 Å². The van der Waals surface area contributed by atoms with Crippen molar-refractivity contribution in [3.05, 3.63) is 102 Å². The number of hydrogen-bond donors (Lipinski definition) is 0. The summed E-state index contributed by atoms with van der Waals surface area (Å²) in [7, 11) is 1.77. The third-order valence-corrected chi connectivity index (χ3v) is 4.63. The van der Waals surface area contributed by atoms with Gasteiger partial charge in [0.2, 0.25) is 5.89 Å². The predicted octanol–water partition coefficient (Wildman–Crippen LogP) is 5.42. The Labute approximate surface area is 168 Å². The van der Waals surface area contributed by atoms with Crippen LogP contribution < -0.4 is 0 Å². The van der Waals surface area contributed by atoms with Crippen LogP contribution in [0.4, 0.5) is 4.39 Å². The fourth-order valence-electron chi connectivity index (χ4n) is 3.14. The molecular formula is C24H19FN2O2. The molecule has 4 rings (SSSR count). The van der Waals surface area contributed by atoms with Crippen molar-refractivity contribution in [3.63, 3.8) is 0 Å². The third-order valence-electron chi connectivity index (χ3n) is 4.63. The number of carbonyl (C=O) groups excluding carboxylic acids is 1. The summed E-state index contributed by atoms with van der Waals surface area (Å²) in [5, 5.41) is 0. The van der Waals surface area contributed by atoms with Crippen LogP contribution in [0.25, 0.3) is 22.8 Å². The molecule has 4 aromatic rings. The Hall–Kier alpha value is -3.73. The van der Waals surface area contributed by atoms with Crippen molar-refractivity contribution in [1.82, 2.24) is 9.88 Å². The van der Waals surface area contributed by atoms with Crippen LogP contribution in [0.5, 0.6) is 0 Å². The minimum absolute atomic E-state index is 0.119. The first-order valence-corrected chi connectivity index (χ1v) is 9.22. The summed E-state index contributed by atoms with van der Waals surface area (Å²) in [4.78, 5) is 19.1. The van der Waals surface area contributed by atoms with E-state index in [-0.39, 0.29) is 11.7 Å². The van der Waals surface area contributed by atoms with E-state index in [0.29, 0.717) is 29.3 Å². The van der Waals surface area contributed by atoms with Gasteiger partial charge in [-0.3, -0.25) is 4.79 Å². The van der Waals surface area contributed by atoms with Crippen LogP contribution in [0.1, 0.15) is 15.9 Å². The topological polar surface area (TPSA) is 46.3 Å². The first-order chi connectivity index (χ1) is 14.1. The zero-order valence-electron chi connectivity index (χ0n) is 15.9. The summed E-state index contributed by atoms with van der Waals surface area (Å²) in [5.41, 5.74) is 2.90. The zero-order valence-corrected chi connectivity index (χ0v) is 15.9. The van der Waals surface area contributed by atoms with Gasteiger partial charge in [0.1, 0.15) is 5.82 Å². The highest BCUT2D eigenvalue weighted by Gasteiger charge is 2.20. The second-order valence-corrected chi connectivity index (χ2v) is 6.73. The van der Waals surface area contributed by atoms with E-state index in [9.17, 15) is 9.18 Å². The van der Waals surface area contributed by atoms with Gasteiger partial charge >= 0.3 is 0 Å². The molecule has 0 spiro atoms. The lowest BCUT2D eigenvalue weighted by Gasteiger charge is -2.18. The van der Waals surface area contributed by atoms with E-state index >= 15 is 0 Å². The fourth-order valence-corrected chi connectivity index (χ4v) is 3.14. The van der Waals surface area contributed by atoms with Gasteiger partial charge in [0.25, 0.3) is 5.91 Å². The van der Waals surface area contributed by atoms with E-state index in [4.69, 9.17) is 4.42 Å². The van der Waals surface area contributed by atoms with E-state index in [0.717, 1.165) is 11.1 Å². The maximum Gasteiger partial charge on any atom is 0.254 e. The Morgan fingerprint density at radius 3 is 2.41 bits per heavy atom. The lowest BCUT2D eigenvalue weighted by Crippen LogP contribution is -2.26. The highest BCUT2D eigenvalue weighted by molar-refractivity contribution is 5.99. The molecule has 0 atom stereocenters. The fraction of sp³-hybridized carbons (Fsp3) is 0.0833. The maximum atomic E-state index is 13.2. The van der Waals surface area contributed by atoms with Crippen molar-refractivity contribution in [1.29, 1.82) is 0 Å².